The Morgan fingerprint density at radius 3 is 2.67 bits per heavy atom. The Morgan fingerprint density at radius 2 is 2.06 bits per heavy atom. The summed E-state index contributed by atoms with van der Waals surface area (Å²) in [7, 11) is 2.82. The molecule has 0 saturated heterocycles. The average Bonchev–Trinajstić information content (AvgIpc) is 2.84. The molecule has 94 valence electrons. The number of hydrogen-bond acceptors (Lipinski definition) is 6. The van der Waals surface area contributed by atoms with Crippen molar-refractivity contribution in [3.8, 4) is 0 Å². The molecule has 1 heterocycles. The second-order valence-corrected chi connectivity index (χ2v) is 4.16. The Balaban J connectivity index is 2.61. The second kappa shape index (κ2) is 4.67. The van der Waals surface area contributed by atoms with E-state index in [1.807, 2.05) is 0 Å². The van der Waals surface area contributed by atoms with E-state index in [4.69, 9.17) is 9.94 Å². The molecule has 2 aromatic rings. The first-order chi connectivity index (χ1) is 8.56. The van der Waals surface area contributed by atoms with Gasteiger partial charge in [-0.1, -0.05) is 4.49 Å². The number of nitrogens with zero attached hydrogens (tertiary/aromatic N) is 3. The predicted octanol–water partition coefficient (Wildman–Crippen LogP) is 1.02. The lowest BCUT2D eigenvalue weighted by atomic mass is 10.1. The Bertz CT molecular complexity index is 625. The SMILES string of the molecule is CON(C)C(=O)c1ccc(C(=O)O)c2snnc12. The zero-order chi connectivity index (χ0) is 13.3. The number of hydrogen-bond donors (Lipinski definition) is 1. The summed E-state index contributed by atoms with van der Waals surface area (Å²) in [5.74, 6) is -1.49. The minimum atomic E-state index is -1.08. The minimum Gasteiger partial charge on any atom is -0.478 e. The highest BCUT2D eigenvalue weighted by Gasteiger charge is 2.21. The van der Waals surface area contributed by atoms with Crippen molar-refractivity contribution in [1.29, 1.82) is 0 Å². The third kappa shape index (κ3) is 1.91. The van der Waals surface area contributed by atoms with Gasteiger partial charge in [-0.3, -0.25) is 9.63 Å². The number of benzene rings is 1. The number of carboxylic acid groups (broad SMARTS) is 1. The maximum atomic E-state index is 12.0. The van der Waals surface area contributed by atoms with E-state index < -0.39 is 11.9 Å². The molecule has 1 N–H and O–H groups in total. The number of fused-ring (bicyclic) bond motifs is 1. The van der Waals surface area contributed by atoms with E-state index in [1.165, 1.54) is 26.3 Å². The molecule has 0 spiro atoms. The number of rotatable bonds is 3. The van der Waals surface area contributed by atoms with E-state index in [2.05, 4.69) is 9.59 Å². The van der Waals surface area contributed by atoms with Crippen LogP contribution in [0.3, 0.4) is 0 Å². The van der Waals surface area contributed by atoms with Crippen LogP contribution in [0.25, 0.3) is 10.2 Å². The number of carboxylic acids is 1. The Morgan fingerprint density at radius 1 is 1.39 bits per heavy atom. The monoisotopic (exact) mass is 267 g/mol. The molecule has 0 radical (unpaired) electrons. The zero-order valence-electron chi connectivity index (χ0n) is 9.58. The van der Waals surface area contributed by atoms with Crippen LogP contribution in [0, 0.1) is 0 Å². The van der Waals surface area contributed by atoms with Gasteiger partial charge in [0.25, 0.3) is 5.91 Å². The van der Waals surface area contributed by atoms with Gasteiger partial charge in [-0.15, -0.1) is 5.10 Å². The average molecular weight is 267 g/mol. The highest BCUT2D eigenvalue weighted by molar-refractivity contribution is 7.13. The topological polar surface area (TPSA) is 92.6 Å². The summed E-state index contributed by atoms with van der Waals surface area (Å²) in [6, 6.07) is 2.77. The molecule has 0 aliphatic carbocycles. The van der Waals surface area contributed by atoms with Crippen molar-refractivity contribution in [2.24, 2.45) is 0 Å². The van der Waals surface area contributed by atoms with Crippen LogP contribution in [0.4, 0.5) is 0 Å². The smallest absolute Gasteiger partial charge is 0.337 e. The largest absolute Gasteiger partial charge is 0.478 e. The van der Waals surface area contributed by atoms with E-state index in [0.717, 1.165) is 16.6 Å². The molecule has 2 rings (SSSR count). The quantitative estimate of drug-likeness (QED) is 0.835. The summed E-state index contributed by atoms with van der Waals surface area (Å²) in [5.41, 5.74) is 0.610. The molecule has 1 aromatic heterocycles. The van der Waals surface area contributed by atoms with Gasteiger partial charge in [0, 0.05) is 7.05 Å². The van der Waals surface area contributed by atoms with E-state index in [0.29, 0.717) is 4.70 Å². The maximum Gasteiger partial charge on any atom is 0.337 e. The van der Waals surface area contributed by atoms with Crippen molar-refractivity contribution in [2.45, 2.75) is 0 Å². The Labute approximate surface area is 106 Å². The van der Waals surface area contributed by atoms with Gasteiger partial charge in [-0.05, 0) is 23.7 Å². The normalized spacial score (nSPS) is 10.6. The molecule has 8 heteroatoms. The first-order valence-electron chi connectivity index (χ1n) is 4.86. The first kappa shape index (κ1) is 12.4. The van der Waals surface area contributed by atoms with Crippen LogP contribution >= 0.6 is 11.5 Å². The van der Waals surface area contributed by atoms with Crippen LogP contribution in [-0.4, -0.2) is 45.8 Å². The van der Waals surface area contributed by atoms with Gasteiger partial charge < -0.3 is 5.11 Å². The molecule has 1 amide bonds. The van der Waals surface area contributed by atoms with Gasteiger partial charge in [-0.2, -0.15) is 0 Å². The van der Waals surface area contributed by atoms with Gasteiger partial charge in [0.1, 0.15) is 5.52 Å². The summed E-state index contributed by atoms with van der Waals surface area (Å²) < 4.78 is 4.06. The summed E-state index contributed by atoms with van der Waals surface area (Å²) in [4.78, 5) is 27.8. The molecule has 0 unspecified atom stereocenters. The third-order valence-corrected chi connectivity index (χ3v) is 3.18. The molecule has 0 saturated carbocycles. The fraction of sp³-hybridized carbons (Fsp3) is 0.200. The van der Waals surface area contributed by atoms with E-state index in [1.54, 1.807) is 0 Å². The molecule has 0 aliphatic rings. The fourth-order valence-corrected chi connectivity index (χ4v) is 2.15. The molecule has 0 fully saturated rings. The van der Waals surface area contributed by atoms with Crippen LogP contribution in [0.1, 0.15) is 20.7 Å². The maximum absolute atomic E-state index is 12.0. The van der Waals surface area contributed by atoms with Crippen molar-refractivity contribution in [3.05, 3.63) is 23.3 Å². The van der Waals surface area contributed by atoms with Gasteiger partial charge in [-0.25, -0.2) is 9.86 Å². The van der Waals surface area contributed by atoms with Crippen molar-refractivity contribution in [3.63, 3.8) is 0 Å². The number of carbonyl (C=O) groups excluding carboxylic acids is 1. The Kier molecular flexibility index (Phi) is 3.21. The van der Waals surface area contributed by atoms with Crippen LogP contribution in [0.5, 0.6) is 0 Å². The third-order valence-electron chi connectivity index (χ3n) is 2.43. The first-order valence-corrected chi connectivity index (χ1v) is 5.64. The van der Waals surface area contributed by atoms with Gasteiger partial charge in [0.15, 0.2) is 0 Å². The van der Waals surface area contributed by atoms with Crippen LogP contribution in [-0.2, 0) is 4.84 Å². The number of aromatic nitrogens is 2. The summed E-state index contributed by atoms with van der Waals surface area (Å²) in [6.45, 7) is 0. The van der Waals surface area contributed by atoms with Crippen LogP contribution in [0.2, 0.25) is 0 Å². The molecular formula is C10H9N3O4S. The van der Waals surface area contributed by atoms with Gasteiger partial charge >= 0.3 is 5.97 Å². The van der Waals surface area contributed by atoms with Gasteiger partial charge in [0.05, 0.1) is 22.9 Å². The highest BCUT2D eigenvalue weighted by atomic mass is 32.1. The lowest BCUT2D eigenvalue weighted by molar-refractivity contribution is -0.0755. The van der Waals surface area contributed by atoms with E-state index in [-0.39, 0.29) is 16.6 Å². The Hall–Kier alpha value is -2.06. The predicted molar refractivity (Wildman–Crippen MR) is 63.5 cm³/mol. The summed E-state index contributed by atoms with van der Waals surface area (Å²) >= 11 is 0.940. The highest BCUT2D eigenvalue weighted by Crippen LogP contribution is 2.25. The number of carbonyl (C=O) groups is 2. The minimum absolute atomic E-state index is 0.0802. The second-order valence-electron chi connectivity index (χ2n) is 3.40. The molecule has 7 nitrogen and oxygen atoms in total. The summed E-state index contributed by atoms with van der Waals surface area (Å²) in [5, 5.41) is 13.9. The van der Waals surface area contributed by atoms with Crippen LogP contribution < -0.4 is 0 Å². The fourth-order valence-electron chi connectivity index (χ4n) is 1.46. The van der Waals surface area contributed by atoms with Gasteiger partial charge in [0.2, 0.25) is 0 Å². The molecule has 0 bridgehead atoms. The van der Waals surface area contributed by atoms with Crippen LogP contribution in [0.15, 0.2) is 12.1 Å². The lowest BCUT2D eigenvalue weighted by Crippen LogP contribution is -2.25. The summed E-state index contributed by atoms with van der Waals surface area (Å²) in [6.07, 6.45) is 0. The molecule has 18 heavy (non-hydrogen) atoms. The van der Waals surface area contributed by atoms with Crippen molar-refractivity contribution >= 4 is 33.6 Å². The van der Waals surface area contributed by atoms with Crippen molar-refractivity contribution < 1.29 is 19.5 Å². The molecule has 1 aromatic carbocycles. The number of amides is 1. The molecular weight excluding hydrogens is 258 g/mol. The zero-order valence-corrected chi connectivity index (χ0v) is 10.4. The van der Waals surface area contributed by atoms with E-state index in [9.17, 15) is 9.59 Å². The number of hydroxylamine groups is 2. The van der Waals surface area contributed by atoms with Crippen molar-refractivity contribution in [2.75, 3.05) is 14.2 Å². The van der Waals surface area contributed by atoms with E-state index >= 15 is 0 Å². The standard InChI is InChI=1S/C10H9N3O4S/c1-13(17-2)9(14)5-3-4-6(10(15)16)8-7(5)11-12-18-8/h3-4H,1-2H3,(H,15,16). The van der Waals surface area contributed by atoms with Crippen molar-refractivity contribution in [1.82, 2.24) is 14.7 Å². The number of aromatic carboxylic acids is 1. The lowest BCUT2D eigenvalue weighted by Gasteiger charge is -2.13. The molecule has 0 aliphatic heterocycles. The molecule has 0 atom stereocenters.